The van der Waals surface area contributed by atoms with Crippen molar-refractivity contribution in [1.29, 1.82) is 0 Å². The summed E-state index contributed by atoms with van der Waals surface area (Å²) in [4.78, 5) is 0. The summed E-state index contributed by atoms with van der Waals surface area (Å²) in [7, 11) is 0. The smallest absolute Gasteiger partial charge is 0.165 e. The summed E-state index contributed by atoms with van der Waals surface area (Å²) in [6.07, 6.45) is 0. The number of hydrogen-bond donors (Lipinski definition) is 0. The van der Waals surface area contributed by atoms with Crippen molar-refractivity contribution in [2.45, 2.75) is 13.8 Å². The third kappa shape index (κ3) is 5.00. The van der Waals surface area contributed by atoms with Gasteiger partial charge in [-0.15, -0.1) is 69.1 Å². The van der Waals surface area contributed by atoms with Gasteiger partial charge in [0.05, 0.1) is 0 Å². The first kappa shape index (κ1) is 23.2. The second kappa shape index (κ2) is 10.3. The third-order valence-electron chi connectivity index (χ3n) is 5.96. The maximum absolute atomic E-state index is 2.26. The Kier molecular flexibility index (Phi) is 7.21. The van der Waals surface area contributed by atoms with E-state index in [0.29, 0.717) is 0 Å². The van der Waals surface area contributed by atoms with Gasteiger partial charge < -0.3 is 0 Å². The Morgan fingerprint density at radius 1 is 0.455 bits per heavy atom. The molecule has 0 radical (unpaired) electrons. The van der Waals surface area contributed by atoms with E-state index in [9.17, 15) is 0 Å². The summed E-state index contributed by atoms with van der Waals surface area (Å²) in [5.74, 6) is 0. The second-order valence-electron chi connectivity index (χ2n) is 8.41. The number of fused-ring (bicyclic) bond motifs is 2. The zero-order chi connectivity index (χ0) is 21.9. The van der Waals surface area contributed by atoms with Crippen molar-refractivity contribution in [3.63, 3.8) is 0 Å². The van der Waals surface area contributed by atoms with E-state index >= 15 is 0 Å². The molecule has 0 amide bonds. The van der Waals surface area contributed by atoms with E-state index in [-0.39, 0.29) is 26.2 Å². The maximum atomic E-state index is 2.26. The molecule has 0 bridgehead atoms. The summed E-state index contributed by atoms with van der Waals surface area (Å²) < 4.78 is 0. The number of aryl methyl sites for hydroxylation is 2. The molecule has 0 heterocycles. The molecule has 6 aromatic carbocycles. The zero-order valence-electron chi connectivity index (χ0n) is 19.0. The first-order valence-corrected chi connectivity index (χ1v) is 11.1. The molecule has 0 saturated carbocycles. The van der Waals surface area contributed by atoms with Gasteiger partial charge in [-0.1, -0.05) is 97.8 Å². The molecule has 158 valence electrons. The molecular weight excluding hydrogens is 476 g/mol. The van der Waals surface area contributed by atoms with Gasteiger partial charge in [0.25, 0.3) is 0 Å². The maximum Gasteiger partial charge on any atom is 2.00 e. The molecule has 0 saturated heterocycles. The Hall–Kier alpha value is -3.02. The fraction of sp³-hybridized carbons (Fsp3) is 0.0625. The molecule has 1 heteroatoms. The summed E-state index contributed by atoms with van der Waals surface area (Å²) in [5, 5.41) is 5.37. The molecule has 0 aliphatic heterocycles. The van der Waals surface area contributed by atoms with Crippen LogP contribution in [-0.4, -0.2) is 0 Å². The van der Waals surface area contributed by atoms with Gasteiger partial charge in [-0.2, -0.15) is 12.1 Å². The predicted molar refractivity (Wildman–Crippen MR) is 139 cm³/mol. The van der Waals surface area contributed by atoms with Gasteiger partial charge in [-0.25, -0.2) is 0 Å². The Morgan fingerprint density at radius 3 is 1.24 bits per heavy atom. The third-order valence-corrected chi connectivity index (χ3v) is 5.96. The van der Waals surface area contributed by atoms with Crippen molar-refractivity contribution < 1.29 is 26.2 Å². The van der Waals surface area contributed by atoms with Crippen molar-refractivity contribution >= 4 is 21.5 Å². The van der Waals surface area contributed by atoms with Gasteiger partial charge in [0.2, 0.25) is 0 Å². The van der Waals surface area contributed by atoms with Crippen LogP contribution in [0.5, 0.6) is 0 Å². The molecule has 0 aliphatic rings. The van der Waals surface area contributed by atoms with Gasteiger partial charge in [-0.05, 0) is 11.1 Å². The van der Waals surface area contributed by atoms with E-state index in [0.717, 1.165) is 0 Å². The van der Waals surface area contributed by atoms with Gasteiger partial charge in [0, 0.05) is 0 Å². The molecule has 0 nitrogen and oxygen atoms in total. The quantitative estimate of drug-likeness (QED) is 0.208. The van der Waals surface area contributed by atoms with Crippen LogP contribution in [0.3, 0.4) is 0 Å². The summed E-state index contributed by atoms with van der Waals surface area (Å²) in [6.45, 7) is 4.30. The molecular formula is C32H26Zr. The van der Waals surface area contributed by atoms with Gasteiger partial charge in [-0.3, -0.25) is 0 Å². The van der Waals surface area contributed by atoms with Crippen molar-refractivity contribution in [2.75, 3.05) is 0 Å². The molecule has 6 rings (SSSR count). The summed E-state index contributed by atoms with van der Waals surface area (Å²) in [5.41, 5.74) is 7.89. The van der Waals surface area contributed by atoms with Crippen molar-refractivity contribution in [2.24, 2.45) is 0 Å². The molecule has 6 aromatic rings. The van der Waals surface area contributed by atoms with Crippen LogP contribution in [0.15, 0.2) is 121 Å². The van der Waals surface area contributed by atoms with Gasteiger partial charge in [0.1, 0.15) is 0 Å². The van der Waals surface area contributed by atoms with Crippen molar-refractivity contribution in [3.8, 4) is 22.3 Å². The molecule has 0 aromatic heterocycles. The number of hydrogen-bond acceptors (Lipinski definition) is 0. The fourth-order valence-electron chi connectivity index (χ4n) is 4.51. The largest absolute Gasteiger partial charge is 2.00 e. The monoisotopic (exact) mass is 500 g/mol. The van der Waals surface area contributed by atoms with Crippen LogP contribution in [-0.2, 0) is 26.2 Å². The second-order valence-corrected chi connectivity index (χ2v) is 8.41. The van der Waals surface area contributed by atoms with E-state index in [1.807, 2.05) is 0 Å². The van der Waals surface area contributed by atoms with Crippen LogP contribution < -0.4 is 0 Å². The van der Waals surface area contributed by atoms with Crippen LogP contribution in [0.25, 0.3) is 43.8 Å². The molecule has 0 atom stereocenters. The minimum absolute atomic E-state index is 0. The minimum Gasteiger partial charge on any atom is -0.165 e. The first-order valence-electron chi connectivity index (χ1n) is 11.1. The van der Waals surface area contributed by atoms with Gasteiger partial charge in [0.15, 0.2) is 0 Å². The number of benzene rings is 4. The van der Waals surface area contributed by atoms with E-state index in [1.165, 1.54) is 54.9 Å². The van der Waals surface area contributed by atoms with Crippen LogP contribution in [0.1, 0.15) is 11.1 Å². The normalized spacial score (nSPS) is 10.5. The molecule has 0 N–H and O–H groups in total. The topological polar surface area (TPSA) is 0 Å². The molecule has 0 unspecified atom stereocenters. The molecule has 0 aliphatic carbocycles. The summed E-state index contributed by atoms with van der Waals surface area (Å²) >= 11 is 0. The van der Waals surface area contributed by atoms with Crippen molar-refractivity contribution in [1.82, 2.24) is 0 Å². The van der Waals surface area contributed by atoms with Crippen LogP contribution in [0.2, 0.25) is 0 Å². The first-order chi connectivity index (χ1) is 15.7. The van der Waals surface area contributed by atoms with E-state index in [2.05, 4.69) is 135 Å². The number of rotatable bonds is 2. The zero-order valence-corrected chi connectivity index (χ0v) is 21.5. The average molecular weight is 502 g/mol. The molecule has 33 heavy (non-hydrogen) atoms. The summed E-state index contributed by atoms with van der Waals surface area (Å²) in [6, 6.07) is 43.1. The Balaban J connectivity index is 0.000000152. The Morgan fingerprint density at radius 2 is 0.848 bits per heavy atom. The van der Waals surface area contributed by atoms with Crippen LogP contribution >= 0.6 is 0 Å². The molecule has 0 fully saturated rings. The van der Waals surface area contributed by atoms with E-state index in [1.54, 1.807) is 0 Å². The standard InChI is InChI=1S/2C16H13.Zr/c2*1-12-10-14-8-5-9-15(16(14)11-12)13-6-3-2-4-7-13;/h2*2-11H,1H3;/q2*-1;+2. The van der Waals surface area contributed by atoms with Crippen LogP contribution in [0, 0.1) is 13.8 Å². The Labute approximate surface area is 215 Å². The van der Waals surface area contributed by atoms with Crippen molar-refractivity contribution in [3.05, 3.63) is 132 Å². The van der Waals surface area contributed by atoms with E-state index < -0.39 is 0 Å². The Bertz CT molecular complexity index is 1350. The molecule has 0 spiro atoms. The SMILES string of the molecule is Cc1cc2c(-c3ccccc3)cccc2[cH-]1.Cc1cc2c(-c3ccccc3)cccc2[cH-]1.[Zr+2]. The minimum atomic E-state index is 0. The van der Waals surface area contributed by atoms with Crippen LogP contribution in [0.4, 0.5) is 0 Å². The van der Waals surface area contributed by atoms with Gasteiger partial charge >= 0.3 is 26.2 Å². The average Bonchev–Trinajstić information content (AvgIpc) is 3.41. The van der Waals surface area contributed by atoms with E-state index in [4.69, 9.17) is 0 Å². The fourth-order valence-corrected chi connectivity index (χ4v) is 4.51. The predicted octanol–water partition coefficient (Wildman–Crippen LogP) is 9.07.